The molecule has 8 heteroatoms. The number of carbonyl (C=O) groups is 2. The zero-order valence-electron chi connectivity index (χ0n) is 14.8. The number of nitrogens with zero attached hydrogens (tertiary/aromatic N) is 2. The Balaban J connectivity index is 1.80. The predicted molar refractivity (Wildman–Crippen MR) is 97.9 cm³/mol. The lowest BCUT2D eigenvalue weighted by Gasteiger charge is -2.23. The summed E-state index contributed by atoms with van der Waals surface area (Å²) < 4.78 is 4.90. The quantitative estimate of drug-likeness (QED) is 0.540. The second-order valence-corrected chi connectivity index (χ2v) is 6.01. The number of aliphatic hydroxyl groups is 1. The Labute approximate surface area is 155 Å². The number of ether oxygens (including phenoxy) is 1. The maximum absolute atomic E-state index is 12.7. The van der Waals surface area contributed by atoms with E-state index in [1.807, 2.05) is 30.3 Å². The van der Waals surface area contributed by atoms with E-state index in [0.717, 1.165) is 5.56 Å². The molecule has 27 heavy (non-hydrogen) atoms. The van der Waals surface area contributed by atoms with Crippen molar-refractivity contribution in [1.82, 2.24) is 20.7 Å². The van der Waals surface area contributed by atoms with Gasteiger partial charge >= 0.3 is 5.97 Å². The Kier molecular flexibility index (Phi) is 5.77. The van der Waals surface area contributed by atoms with Gasteiger partial charge in [-0.1, -0.05) is 35.5 Å². The van der Waals surface area contributed by atoms with E-state index in [9.17, 15) is 14.7 Å². The number of nitrogens with one attached hydrogen (secondary N) is 2. The second kappa shape index (κ2) is 8.41. The highest BCUT2D eigenvalue weighted by atomic mass is 16.5. The molecule has 0 aliphatic heterocycles. The van der Waals surface area contributed by atoms with Gasteiger partial charge in [0.25, 0.3) is 5.91 Å². The number of aromatic amines is 1. The van der Waals surface area contributed by atoms with Crippen LogP contribution in [0.15, 0.2) is 48.5 Å². The SMILES string of the molecule is CCOC(=O)[C@H](O)[C@@H](Cc1ccccc1)NC(=O)c1ccc2nn[nH]c2c1. The summed E-state index contributed by atoms with van der Waals surface area (Å²) in [5.41, 5.74) is 2.49. The number of H-pyrrole nitrogens is 1. The zero-order chi connectivity index (χ0) is 19.2. The van der Waals surface area contributed by atoms with Crippen molar-refractivity contribution in [2.75, 3.05) is 6.61 Å². The molecule has 140 valence electrons. The van der Waals surface area contributed by atoms with Crippen LogP contribution in [-0.2, 0) is 16.0 Å². The van der Waals surface area contributed by atoms with Crippen LogP contribution in [0.1, 0.15) is 22.8 Å². The molecule has 1 heterocycles. The number of fused-ring (bicyclic) bond motifs is 1. The summed E-state index contributed by atoms with van der Waals surface area (Å²) in [5.74, 6) is -1.19. The number of benzene rings is 2. The third-order valence-electron chi connectivity index (χ3n) is 4.11. The molecule has 2 atom stereocenters. The highest BCUT2D eigenvalue weighted by molar-refractivity contribution is 5.97. The summed E-state index contributed by atoms with van der Waals surface area (Å²) >= 11 is 0. The van der Waals surface area contributed by atoms with Crippen molar-refractivity contribution in [2.45, 2.75) is 25.5 Å². The van der Waals surface area contributed by atoms with E-state index in [2.05, 4.69) is 20.7 Å². The van der Waals surface area contributed by atoms with E-state index in [1.165, 1.54) is 0 Å². The van der Waals surface area contributed by atoms with E-state index in [4.69, 9.17) is 4.74 Å². The average molecular weight is 368 g/mol. The van der Waals surface area contributed by atoms with Gasteiger partial charge in [0.15, 0.2) is 6.10 Å². The van der Waals surface area contributed by atoms with Crippen LogP contribution in [0, 0.1) is 0 Å². The van der Waals surface area contributed by atoms with Crippen LogP contribution in [0.2, 0.25) is 0 Å². The molecule has 0 fully saturated rings. The van der Waals surface area contributed by atoms with Crippen LogP contribution in [0.25, 0.3) is 11.0 Å². The Morgan fingerprint density at radius 1 is 1.22 bits per heavy atom. The molecule has 2 aromatic carbocycles. The highest BCUT2D eigenvalue weighted by Crippen LogP contribution is 2.13. The molecule has 8 nitrogen and oxygen atoms in total. The molecule has 0 bridgehead atoms. The van der Waals surface area contributed by atoms with Crippen LogP contribution in [-0.4, -0.2) is 51.1 Å². The molecule has 1 amide bonds. The average Bonchev–Trinajstić information content (AvgIpc) is 3.15. The predicted octanol–water partition coefficient (Wildman–Crippen LogP) is 1.22. The molecule has 0 radical (unpaired) electrons. The molecule has 0 aliphatic carbocycles. The number of amides is 1. The zero-order valence-corrected chi connectivity index (χ0v) is 14.8. The van der Waals surface area contributed by atoms with E-state index in [1.54, 1.807) is 25.1 Å². The number of hydrogen-bond donors (Lipinski definition) is 3. The maximum Gasteiger partial charge on any atom is 0.337 e. The van der Waals surface area contributed by atoms with E-state index in [-0.39, 0.29) is 13.0 Å². The largest absolute Gasteiger partial charge is 0.464 e. The van der Waals surface area contributed by atoms with Crippen molar-refractivity contribution in [2.24, 2.45) is 0 Å². The fourth-order valence-corrected chi connectivity index (χ4v) is 2.74. The first-order valence-corrected chi connectivity index (χ1v) is 8.58. The van der Waals surface area contributed by atoms with Crippen LogP contribution in [0.3, 0.4) is 0 Å². The lowest BCUT2D eigenvalue weighted by Crippen LogP contribution is -2.48. The summed E-state index contributed by atoms with van der Waals surface area (Å²) in [5, 5.41) is 23.4. The topological polar surface area (TPSA) is 117 Å². The third kappa shape index (κ3) is 4.48. The van der Waals surface area contributed by atoms with Gasteiger partial charge < -0.3 is 15.2 Å². The summed E-state index contributed by atoms with van der Waals surface area (Å²) in [6.07, 6.45) is -1.20. The Morgan fingerprint density at radius 3 is 2.74 bits per heavy atom. The number of hydrogen-bond acceptors (Lipinski definition) is 6. The third-order valence-corrected chi connectivity index (χ3v) is 4.11. The molecule has 3 N–H and O–H groups in total. The second-order valence-electron chi connectivity index (χ2n) is 6.01. The normalized spacial score (nSPS) is 13.1. The molecule has 3 aromatic rings. The molecule has 0 saturated carbocycles. The van der Waals surface area contributed by atoms with Crippen molar-refractivity contribution >= 4 is 22.9 Å². The molecule has 1 aromatic heterocycles. The van der Waals surface area contributed by atoms with E-state index >= 15 is 0 Å². The standard InChI is InChI=1S/C19H20N4O4/c1-2-27-19(26)17(24)16(10-12-6-4-3-5-7-12)20-18(25)13-8-9-14-15(11-13)22-23-21-14/h3-9,11,16-17,24H,2,10H2,1H3,(H,20,25)(H,21,22,23)/t16-,17-/m1/s1. The first-order valence-electron chi connectivity index (χ1n) is 8.58. The fraction of sp³-hybridized carbons (Fsp3) is 0.263. The smallest absolute Gasteiger partial charge is 0.337 e. The summed E-state index contributed by atoms with van der Waals surface area (Å²) in [6, 6.07) is 13.3. The minimum absolute atomic E-state index is 0.144. The number of carbonyl (C=O) groups excluding carboxylic acids is 2. The van der Waals surface area contributed by atoms with Gasteiger partial charge in [-0.3, -0.25) is 9.89 Å². The van der Waals surface area contributed by atoms with E-state index in [0.29, 0.717) is 16.6 Å². The minimum Gasteiger partial charge on any atom is -0.464 e. The van der Waals surface area contributed by atoms with Crippen molar-refractivity contribution in [3.8, 4) is 0 Å². The van der Waals surface area contributed by atoms with Crippen LogP contribution >= 0.6 is 0 Å². The summed E-state index contributed by atoms with van der Waals surface area (Å²) in [4.78, 5) is 24.7. The van der Waals surface area contributed by atoms with Gasteiger partial charge in [0.05, 0.1) is 18.2 Å². The molecule has 0 saturated heterocycles. The Hall–Kier alpha value is -3.26. The monoisotopic (exact) mass is 368 g/mol. The first-order chi connectivity index (χ1) is 13.1. The van der Waals surface area contributed by atoms with Gasteiger partial charge in [0.2, 0.25) is 0 Å². The van der Waals surface area contributed by atoms with Crippen molar-refractivity contribution in [3.05, 3.63) is 59.7 Å². The summed E-state index contributed by atoms with van der Waals surface area (Å²) in [6.45, 7) is 1.80. The lowest BCUT2D eigenvalue weighted by molar-refractivity contribution is -0.154. The van der Waals surface area contributed by atoms with Crippen molar-refractivity contribution < 1.29 is 19.4 Å². The van der Waals surface area contributed by atoms with Crippen molar-refractivity contribution in [3.63, 3.8) is 0 Å². The molecule has 0 spiro atoms. The molecular formula is C19H20N4O4. The van der Waals surface area contributed by atoms with Crippen LogP contribution in [0.4, 0.5) is 0 Å². The number of rotatable bonds is 7. The number of aromatic nitrogens is 3. The molecule has 3 rings (SSSR count). The number of esters is 1. The van der Waals surface area contributed by atoms with Gasteiger partial charge in [-0.15, -0.1) is 5.10 Å². The Bertz CT molecular complexity index is 926. The van der Waals surface area contributed by atoms with E-state index < -0.39 is 24.0 Å². The highest BCUT2D eigenvalue weighted by Gasteiger charge is 2.29. The summed E-state index contributed by atoms with van der Waals surface area (Å²) in [7, 11) is 0. The molecule has 0 unspecified atom stereocenters. The number of aliphatic hydroxyl groups excluding tert-OH is 1. The van der Waals surface area contributed by atoms with Crippen LogP contribution < -0.4 is 5.32 Å². The first kappa shape index (κ1) is 18.5. The van der Waals surface area contributed by atoms with Gasteiger partial charge in [-0.05, 0) is 37.1 Å². The van der Waals surface area contributed by atoms with Crippen LogP contribution in [0.5, 0.6) is 0 Å². The van der Waals surface area contributed by atoms with Gasteiger partial charge in [-0.25, -0.2) is 4.79 Å². The fourth-order valence-electron chi connectivity index (χ4n) is 2.74. The maximum atomic E-state index is 12.7. The Morgan fingerprint density at radius 2 is 2.00 bits per heavy atom. The van der Waals surface area contributed by atoms with Crippen molar-refractivity contribution in [1.29, 1.82) is 0 Å². The minimum atomic E-state index is -1.48. The lowest BCUT2D eigenvalue weighted by atomic mass is 10.0. The molecular weight excluding hydrogens is 348 g/mol. The van der Waals surface area contributed by atoms with Gasteiger partial charge in [-0.2, -0.15) is 0 Å². The van der Waals surface area contributed by atoms with Gasteiger partial charge in [0.1, 0.15) is 5.52 Å². The van der Waals surface area contributed by atoms with Gasteiger partial charge in [0, 0.05) is 5.56 Å². The molecule has 0 aliphatic rings.